The number of aliphatic imine (C=N–C) groups is 6. The Balaban J connectivity index is 0.000000129. The summed E-state index contributed by atoms with van der Waals surface area (Å²) >= 11 is 76.2. The highest BCUT2D eigenvalue weighted by molar-refractivity contribution is 6.58. The molecule has 127 heavy (non-hydrogen) atoms. The van der Waals surface area contributed by atoms with E-state index in [0.29, 0.717) is 102 Å². The molecule has 3 amide bonds. The summed E-state index contributed by atoms with van der Waals surface area (Å²) in [6.07, 6.45) is 0. The fourth-order valence-corrected chi connectivity index (χ4v) is 19.2. The number of benzene rings is 12. The van der Waals surface area contributed by atoms with E-state index < -0.39 is 17.5 Å². The van der Waals surface area contributed by atoms with Gasteiger partial charge in [0.25, 0.3) is 17.7 Å². The fourth-order valence-electron chi connectivity index (χ4n) is 16.1. The maximum absolute atomic E-state index is 14.1. The van der Waals surface area contributed by atoms with Crippen LogP contribution in [0.2, 0.25) is 60.3 Å². The highest BCUT2D eigenvalue weighted by Crippen LogP contribution is 2.52. The molecule has 0 saturated carbocycles. The second-order valence-corrected chi connectivity index (χ2v) is 33.3. The summed E-state index contributed by atoms with van der Waals surface area (Å²) in [5.41, 5.74) is 11.0. The molecule has 12 aromatic carbocycles. The Kier molecular flexibility index (Phi) is 21.8. The van der Waals surface area contributed by atoms with Gasteiger partial charge >= 0.3 is 0 Å². The molecule has 21 rings (SSSR count). The van der Waals surface area contributed by atoms with Crippen molar-refractivity contribution in [3.8, 4) is 0 Å². The minimum Gasteiger partial charge on any atom is -0.339 e. The van der Waals surface area contributed by atoms with Gasteiger partial charge in [-0.05, 0) is 48.5 Å². The lowest BCUT2D eigenvalue weighted by Crippen LogP contribution is -2.26. The number of carbonyl (C=O) groups is 9. The second-order valence-electron chi connectivity index (χ2n) is 28.8. The molecule has 3 aliphatic carbocycles. The maximum atomic E-state index is 14.1. The Hall–Kier alpha value is -12.8. The highest BCUT2D eigenvalue weighted by Gasteiger charge is 2.43. The zero-order valence-corrected chi connectivity index (χ0v) is 72.4. The molecule has 0 spiro atoms. The van der Waals surface area contributed by atoms with E-state index in [-0.39, 0.29) is 210 Å². The topological polar surface area (TPSA) is 300 Å². The molecule has 0 aromatic heterocycles. The van der Waals surface area contributed by atoms with Crippen molar-refractivity contribution in [2.75, 3.05) is 31.9 Å². The van der Waals surface area contributed by atoms with Crippen LogP contribution in [0.1, 0.15) is 184 Å². The molecule has 0 unspecified atom stereocenters. The van der Waals surface area contributed by atoms with Gasteiger partial charge in [0.15, 0.2) is 34.7 Å². The van der Waals surface area contributed by atoms with E-state index in [1.165, 1.54) is 12.1 Å². The lowest BCUT2D eigenvalue weighted by atomic mass is 9.82. The zero-order chi connectivity index (χ0) is 88.3. The van der Waals surface area contributed by atoms with Crippen LogP contribution in [0.5, 0.6) is 0 Å². The number of ketones is 6. The number of nitrogens with zero attached hydrogens (tertiary/aromatic N) is 6. The molecule has 6 N–H and O–H groups in total. The van der Waals surface area contributed by atoms with Crippen LogP contribution in [0, 0.1) is 0 Å². The molecule has 21 nitrogen and oxygen atoms in total. The number of nitrogens with one attached hydrogen (secondary N) is 6. The number of anilines is 6. The molecule has 0 bridgehead atoms. The number of rotatable bonds is 6. The predicted molar refractivity (Wildman–Crippen MR) is 506 cm³/mol. The van der Waals surface area contributed by atoms with Crippen LogP contribution in [0.25, 0.3) is 17.1 Å². The van der Waals surface area contributed by atoms with E-state index in [0.717, 1.165) is 11.1 Å². The summed E-state index contributed by atoms with van der Waals surface area (Å²) in [6.45, 7) is 11.9. The predicted octanol–water partition coefficient (Wildman–Crippen LogP) is 24.4. The van der Waals surface area contributed by atoms with E-state index in [2.05, 4.69) is 81.6 Å². The smallest absolute Gasteiger partial charge is 0.281 e. The fraction of sp³-hybridized carbons (Fsp3) is 0.0106. The normalized spacial score (nSPS) is 14.6. The van der Waals surface area contributed by atoms with Crippen molar-refractivity contribution < 1.29 is 43.2 Å². The molecule has 6 heterocycles. The molecule has 0 radical (unpaired) electrons. The number of hydrogen-bond donors (Lipinski definition) is 6. The summed E-state index contributed by atoms with van der Waals surface area (Å²) in [5, 5.41) is 19.1. The number of fused-ring (bicyclic) bond motifs is 12. The summed E-state index contributed by atoms with van der Waals surface area (Å²) in [7, 11) is 0. The Morgan fingerprint density at radius 1 is 0.181 bits per heavy atom. The lowest BCUT2D eigenvalue weighted by molar-refractivity contribution is 0.0980. The largest absolute Gasteiger partial charge is 0.339 e. The third-order valence-corrected chi connectivity index (χ3v) is 27.1. The van der Waals surface area contributed by atoms with Crippen molar-refractivity contribution in [3.05, 3.63) is 396 Å². The molecule has 0 atom stereocenters. The molecular formula is C94H46Cl12N12O9. The number of amides is 3. The van der Waals surface area contributed by atoms with Gasteiger partial charge in [-0.2, -0.15) is 15.0 Å². The quantitative estimate of drug-likeness (QED) is 0.0666. The zero-order valence-electron chi connectivity index (χ0n) is 63.3. The SMILES string of the molecule is C.C=C1N=C(Nc2cccc3c2C(=O)c2cccc(NC4=NC(=O)c5c(Cl)c(Cl)c(Cl)c(Cl)c54)c2C3=O)c2c(Cl)c(Cl)c(Cl)c(Cl)c21.C=C1N=C(Nc2cccc3c2C(=O)c2cccc(NC4=NC(=O)c5ccccc54)c2C3=O)c2c(Cl)c(Cl)c(Cl)c(Cl)c21.C=C1N=C(Nc2cccc3c2C(=O)c2cccc(NC4=NC(=O)c5ccccc54)c2C3=O)c2ccccc21. The number of amidine groups is 6. The van der Waals surface area contributed by atoms with Gasteiger partial charge < -0.3 is 31.9 Å². The van der Waals surface area contributed by atoms with Gasteiger partial charge in [-0.1, -0.05) is 300 Å². The van der Waals surface area contributed by atoms with Crippen LogP contribution < -0.4 is 31.9 Å². The molecule has 0 fully saturated rings. The Bertz CT molecular complexity index is 7300. The van der Waals surface area contributed by atoms with Crippen molar-refractivity contribution in [1.82, 2.24) is 0 Å². The van der Waals surface area contributed by atoms with E-state index in [1.807, 2.05) is 30.3 Å². The van der Waals surface area contributed by atoms with Gasteiger partial charge in [-0.15, -0.1) is 0 Å². The monoisotopic (exact) mass is 1910 g/mol. The van der Waals surface area contributed by atoms with E-state index in [1.54, 1.807) is 140 Å². The molecule has 620 valence electrons. The van der Waals surface area contributed by atoms with Gasteiger partial charge in [-0.25, -0.2) is 15.0 Å². The summed E-state index contributed by atoms with van der Waals surface area (Å²) < 4.78 is 0. The average Bonchev–Trinajstić information content (AvgIpc) is 1.13. The second kappa shape index (κ2) is 32.6. The minimum absolute atomic E-state index is 0. The summed E-state index contributed by atoms with van der Waals surface area (Å²) in [6, 6.07) is 51.2. The summed E-state index contributed by atoms with van der Waals surface area (Å²) in [4.78, 5) is 147. The molecule has 0 saturated heterocycles. The molecular weight excluding hydrogens is 1870 g/mol. The van der Waals surface area contributed by atoms with Gasteiger partial charge in [0, 0.05) is 77.9 Å². The van der Waals surface area contributed by atoms with Crippen molar-refractivity contribution >= 4 is 278 Å². The van der Waals surface area contributed by atoms with Crippen LogP contribution in [0.15, 0.2) is 232 Å². The van der Waals surface area contributed by atoms with Gasteiger partial charge in [0.2, 0.25) is 0 Å². The van der Waals surface area contributed by atoms with Gasteiger partial charge in [-0.3, -0.25) is 43.2 Å². The van der Waals surface area contributed by atoms with Crippen molar-refractivity contribution in [1.29, 1.82) is 0 Å². The van der Waals surface area contributed by atoms with Crippen LogP contribution >= 0.6 is 139 Å². The molecule has 9 aliphatic rings. The Morgan fingerprint density at radius 3 is 0.669 bits per heavy atom. The van der Waals surface area contributed by atoms with Crippen LogP contribution in [0.3, 0.4) is 0 Å². The first-order valence-electron chi connectivity index (χ1n) is 37.3. The maximum Gasteiger partial charge on any atom is 0.281 e. The van der Waals surface area contributed by atoms with E-state index in [9.17, 15) is 43.2 Å². The van der Waals surface area contributed by atoms with Crippen molar-refractivity contribution in [2.24, 2.45) is 30.0 Å². The number of halogens is 12. The van der Waals surface area contributed by atoms with Gasteiger partial charge in [0.1, 0.15) is 35.0 Å². The Morgan fingerprint density at radius 2 is 0.378 bits per heavy atom. The van der Waals surface area contributed by atoms with Crippen LogP contribution in [0.4, 0.5) is 34.1 Å². The Labute approximate surface area is 779 Å². The van der Waals surface area contributed by atoms with E-state index >= 15 is 0 Å². The number of hydrogen-bond acceptors (Lipinski definition) is 18. The molecule has 33 heteroatoms. The molecule has 12 aromatic rings. The summed E-state index contributed by atoms with van der Waals surface area (Å²) in [5.74, 6) is -2.06. The third-order valence-electron chi connectivity index (χ3n) is 21.7. The first-order chi connectivity index (χ1) is 60.5. The van der Waals surface area contributed by atoms with Gasteiger partial charge in [0.05, 0.1) is 167 Å². The van der Waals surface area contributed by atoms with Crippen LogP contribution in [-0.4, -0.2) is 87.4 Å². The van der Waals surface area contributed by atoms with E-state index in [4.69, 9.17) is 139 Å². The first-order valence-corrected chi connectivity index (χ1v) is 41.8. The lowest BCUT2D eigenvalue weighted by Gasteiger charge is -2.23. The average molecular weight is 1910 g/mol. The molecule has 6 aliphatic heterocycles. The van der Waals surface area contributed by atoms with Crippen molar-refractivity contribution in [3.63, 3.8) is 0 Å². The minimum atomic E-state index is -0.708. The van der Waals surface area contributed by atoms with Crippen LogP contribution in [-0.2, 0) is 0 Å². The number of carbonyl (C=O) groups excluding carboxylic acids is 9. The standard InChI is InChI=1S/C31H10Cl8N4O3.C31H14Cl4N4O3.C31H18N4O3.CH4/c1-8-13-16(20(33)24(37)23(36)19(13)32)29(40-8)41-11-6-2-4-9-14(11)27(44)10-5-3-7-12(15(10)28(9)45)42-30-17-18(31(46)43-30)22(35)26(39)25(38)21(17)34;1-12-19-22(24(33)26(35)25(34)23(19)32)30(36-12)38-18-11-5-9-16-21(18)28(41)15-8-4-10-17(20(15)27(16)40)37-29-13-6-2-3-7-14(13)31(42)39-29;1-16-17-8-2-3-9-18(17)29(32-16)33-23-14-6-12-21-25(23)27(36)22-13-7-15-24(26(22)28(21)37)34-30-19-10-4-5-11-20(19)31(38)35-30;/h2-7H,1H2,(H,40,41)(H,42,43,46);2-11H,1H2,(H,36,38)(H,37,39,42);2-15H,1H2,(H,32,33)(H,34,35,38);1H4. The highest BCUT2D eigenvalue weighted by atomic mass is 35.5. The third kappa shape index (κ3) is 13.6. The first kappa shape index (κ1) is 85.0. The van der Waals surface area contributed by atoms with Crippen molar-refractivity contribution in [2.45, 2.75) is 7.43 Å².